The van der Waals surface area contributed by atoms with Gasteiger partial charge in [0.05, 0.1) is 17.7 Å². The van der Waals surface area contributed by atoms with Gasteiger partial charge in [-0.25, -0.2) is 9.97 Å². The molecule has 2 aromatic heterocycles. The molecular weight excluding hydrogens is 318 g/mol. The molecule has 7 nitrogen and oxygen atoms in total. The number of rotatable bonds is 4. The molecule has 25 heavy (non-hydrogen) atoms. The number of amides is 1. The van der Waals surface area contributed by atoms with Crippen LogP contribution in [0.25, 0.3) is 11.2 Å². The van der Waals surface area contributed by atoms with E-state index in [1.807, 2.05) is 30.3 Å². The van der Waals surface area contributed by atoms with Crippen LogP contribution >= 0.6 is 0 Å². The molecule has 3 heterocycles. The minimum atomic E-state index is 0.0483. The second kappa shape index (κ2) is 6.52. The highest BCUT2D eigenvalue weighted by molar-refractivity contribution is 5.95. The molecule has 0 atom stereocenters. The molecule has 0 saturated heterocycles. The molecule has 128 valence electrons. The van der Waals surface area contributed by atoms with Crippen LogP contribution in [-0.4, -0.2) is 34.0 Å². The largest absolute Gasteiger partial charge is 0.490 e. The second-order valence-corrected chi connectivity index (χ2v) is 5.96. The Morgan fingerprint density at radius 1 is 1.36 bits per heavy atom. The normalized spacial score (nSPS) is 13.6. The summed E-state index contributed by atoms with van der Waals surface area (Å²) in [5.74, 6) is 1.54. The van der Waals surface area contributed by atoms with E-state index in [1.165, 1.54) is 0 Å². The molecule has 0 spiro atoms. The van der Waals surface area contributed by atoms with Crippen molar-refractivity contribution in [3.63, 3.8) is 0 Å². The van der Waals surface area contributed by atoms with E-state index in [2.05, 4.69) is 15.0 Å². The van der Waals surface area contributed by atoms with Crippen LogP contribution in [0.1, 0.15) is 17.8 Å². The van der Waals surface area contributed by atoms with Gasteiger partial charge in [0, 0.05) is 25.6 Å². The Kier molecular flexibility index (Phi) is 4.07. The van der Waals surface area contributed by atoms with Gasteiger partial charge in [-0.05, 0) is 29.8 Å². The van der Waals surface area contributed by atoms with E-state index in [0.29, 0.717) is 38.2 Å². The van der Waals surface area contributed by atoms with Gasteiger partial charge in [0.2, 0.25) is 5.91 Å². The van der Waals surface area contributed by atoms with Crippen LogP contribution in [0.5, 0.6) is 5.75 Å². The number of fused-ring (bicyclic) bond motifs is 2. The van der Waals surface area contributed by atoms with Crippen molar-refractivity contribution in [2.75, 3.05) is 18.1 Å². The minimum absolute atomic E-state index is 0.0483. The summed E-state index contributed by atoms with van der Waals surface area (Å²) in [6.07, 6.45) is 2.61. The molecule has 3 aromatic rings. The maximum absolute atomic E-state index is 12.7. The van der Waals surface area contributed by atoms with Gasteiger partial charge in [-0.15, -0.1) is 0 Å². The van der Waals surface area contributed by atoms with Crippen LogP contribution < -0.4 is 15.4 Å². The summed E-state index contributed by atoms with van der Waals surface area (Å²) in [5, 5.41) is 0. The fourth-order valence-electron chi connectivity index (χ4n) is 3.02. The van der Waals surface area contributed by atoms with Gasteiger partial charge >= 0.3 is 0 Å². The summed E-state index contributed by atoms with van der Waals surface area (Å²) in [6, 6.07) is 9.51. The smallest absolute Gasteiger partial charge is 0.227 e. The Hall–Kier alpha value is -2.93. The molecule has 0 aliphatic carbocycles. The number of pyridine rings is 1. The molecule has 0 radical (unpaired) electrons. The Morgan fingerprint density at radius 3 is 3.12 bits per heavy atom. The highest BCUT2D eigenvalue weighted by atomic mass is 16.5. The fraction of sp³-hybridized carbons (Fsp3) is 0.278. The predicted octanol–water partition coefficient (Wildman–Crippen LogP) is 1.77. The number of hydrogen-bond donors (Lipinski definition) is 2. The number of nitrogens with zero attached hydrogens (tertiary/aromatic N) is 3. The van der Waals surface area contributed by atoms with E-state index in [9.17, 15) is 4.79 Å². The Bertz CT molecular complexity index is 888. The number of ether oxygens (including phenoxy) is 1. The van der Waals surface area contributed by atoms with Crippen LogP contribution in [0.4, 0.5) is 5.69 Å². The van der Waals surface area contributed by atoms with Gasteiger partial charge in [-0.1, -0.05) is 6.07 Å². The third kappa shape index (κ3) is 3.06. The Balaban J connectivity index is 1.50. The maximum atomic E-state index is 12.7. The summed E-state index contributed by atoms with van der Waals surface area (Å²) in [7, 11) is 0. The van der Waals surface area contributed by atoms with Gasteiger partial charge < -0.3 is 20.4 Å². The summed E-state index contributed by atoms with van der Waals surface area (Å²) >= 11 is 0. The van der Waals surface area contributed by atoms with Crippen molar-refractivity contribution in [3.8, 4) is 5.75 Å². The zero-order chi connectivity index (χ0) is 17.2. The molecule has 0 fully saturated rings. The number of nitrogens with two attached hydrogens (primary N) is 1. The second-order valence-electron chi connectivity index (χ2n) is 5.96. The van der Waals surface area contributed by atoms with Crippen molar-refractivity contribution in [1.29, 1.82) is 0 Å². The number of anilines is 1. The summed E-state index contributed by atoms with van der Waals surface area (Å²) in [6.45, 7) is 1.47. The van der Waals surface area contributed by atoms with Crippen molar-refractivity contribution in [3.05, 3.63) is 47.9 Å². The third-order valence-electron chi connectivity index (χ3n) is 4.31. The lowest BCUT2D eigenvalue weighted by molar-refractivity contribution is -0.118. The number of H-pyrrole nitrogens is 1. The number of carbonyl (C=O) groups is 1. The van der Waals surface area contributed by atoms with Crippen molar-refractivity contribution in [1.82, 2.24) is 15.0 Å². The lowest BCUT2D eigenvalue weighted by atomic mass is 10.1. The van der Waals surface area contributed by atoms with Gasteiger partial charge in [0.15, 0.2) is 5.65 Å². The molecular formula is C18H19N5O2. The third-order valence-corrected chi connectivity index (χ3v) is 4.31. The molecule has 0 unspecified atom stereocenters. The van der Waals surface area contributed by atoms with E-state index in [1.54, 1.807) is 11.1 Å². The highest BCUT2D eigenvalue weighted by Crippen LogP contribution is 2.33. The number of aromatic amines is 1. The number of nitrogens with one attached hydrogen (secondary N) is 1. The number of carbonyl (C=O) groups excluding carboxylic acids is 1. The van der Waals surface area contributed by atoms with Crippen LogP contribution in [0.2, 0.25) is 0 Å². The van der Waals surface area contributed by atoms with Crippen LogP contribution in [-0.2, 0) is 17.8 Å². The number of aromatic nitrogens is 3. The van der Waals surface area contributed by atoms with Gasteiger partial charge in [0.25, 0.3) is 0 Å². The number of benzene rings is 1. The number of aryl methyl sites for hydroxylation is 1. The summed E-state index contributed by atoms with van der Waals surface area (Å²) < 4.78 is 5.64. The molecule has 1 amide bonds. The average molecular weight is 337 g/mol. The number of imidazole rings is 1. The zero-order valence-electron chi connectivity index (χ0n) is 13.7. The summed E-state index contributed by atoms with van der Waals surface area (Å²) in [4.78, 5) is 26.3. The minimum Gasteiger partial charge on any atom is -0.490 e. The van der Waals surface area contributed by atoms with Crippen molar-refractivity contribution >= 4 is 22.8 Å². The van der Waals surface area contributed by atoms with Gasteiger partial charge in [-0.2, -0.15) is 0 Å². The fourth-order valence-corrected chi connectivity index (χ4v) is 3.02. The van der Waals surface area contributed by atoms with E-state index in [-0.39, 0.29) is 5.91 Å². The molecule has 0 bridgehead atoms. The van der Waals surface area contributed by atoms with E-state index in [4.69, 9.17) is 10.5 Å². The van der Waals surface area contributed by atoms with Gasteiger partial charge in [-0.3, -0.25) is 4.79 Å². The lowest BCUT2D eigenvalue weighted by Crippen LogP contribution is -2.38. The Morgan fingerprint density at radius 2 is 2.28 bits per heavy atom. The van der Waals surface area contributed by atoms with E-state index >= 15 is 0 Å². The van der Waals surface area contributed by atoms with Crippen LogP contribution in [0.3, 0.4) is 0 Å². The standard InChI is InChI=1S/C18H19N5O2/c19-11-12-3-4-15-14(10-12)23(8-9-25-15)17(24)6-5-16-21-13-2-1-7-20-18(13)22-16/h1-4,7,10H,5-6,8-9,11,19H2,(H,20,21,22). The topological polar surface area (TPSA) is 97.1 Å². The monoisotopic (exact) mass is 337 g/mol. The van der Waals surface area contributed by atoms with Crippen LogP contribution in [0, 0.1) is 0 Å². The maximum Gasteiger partial charge on any atom is 0.227 e. The SMILES string of the molecule is NCc1ccc2c(c1)N(C(=O)CCc1nc3ncccc3[nH]1)CCO2. The van der Waals surface area contributed by atoms with Gasteiger partial charge in [0.1, 0.15) is 18.2 Å². The Labute approximate surface area is 144 Å². The molecule has 3 N–H and O–H groups in total. The first-order valence-corrected chi connectivity index (χ1v) is 8.30. The zero-order valence-corrected chi connectivity index (χ0v) is 13.7. The molecule has 4 rings (SSSR count). The van der Waals surface area contributed by atoms with Crippen molar-refractivity contribution in [2.45, 2.75) is 19.4 Å². The number of hydrogen-bond acceptors (Lipinski definition) is 5. The average Bonchev–Trinajstić information content (AvgIpc) is 3.08. The first kappa shape index (κ1) is 15.6. The predicted molar refractivity (Wildman–Crippen MR) is 94.4 cm³/mol. The summed E-state index contributed by atoms with van der Waals surface area (Å²) in [5.41, 5.74) is 9.05. The van der Waals surface area contributed by atoms with Crippen molar-refractivity contribution < 1.29 is 9.53 Å². The molecule has 1 aliphatic heterocycles. The van der Waals surface area contributed by atoms with E-state index < -0.39 is 0 Å². The van der Waals surface area contributed by atoms with E-state index in [0.717, 1.165) is 28.3 Å². The first-order valence-electron chi connectivity index (χ1n) is 8.30. The highest BCUT2D eigenvalue weighted by Gasteiger charge is 2.24. The van der Waals surface area contributed by atoms with Crippen molar-refractivity contribution in [2.24, 2.45) is 5.73 Å². The first-order chi connectivity index (χ1) is 12.2. The molecule has 0 saturated carbocycles. The molecule has 7 heteroatoms. The lowest BCUT2D eigenvalue weighted by Gasteiger charge is -2.30. The molecule has 1 aliphatic rings. The quantitative estimate of drug-likeness (QED) is 0.756. The molecule has 1 aromatic carbocycles. The van der Waals surface area contributed by atoms with Crippen LogP contribution in [0.15, 0.2) is 36.5 Å².